The highest BCUT2D eigenvalue weighted by Crippen LogP contribution is 2.33. The molecule has 0 spiro atoms. The summed E-state index contributed by atoms with van der Waals surface area (Å²) in [5.41, 5.74) is -1.83. The zero-order chi connectivity index (χ0) is 11.6. The summed E-state index contributed by atoms with van der Waals surface area (Å²) in [6.45, 7) is 2.46. The molecule has 0 bridgehead atoms. The van der Waals surface area contributed by atoms with Crippen molar-refractivity contribution in [2.45, 2.75) is 19.5 Å². The van der Waals surface area contributed by atoms with Gasteiger partial charge in [0.1, 0.15) is 11.5 Å². The minimum atomic E-state index is -2.00. The fourth-order valence-corrected chi connectivity index (χ4v) is 1.26. The molecule has 4 heteroatoms. The molecule has 0 radical (unpaired) electrons. The standard InChI is InChI=1S/C11H12F2O2/c1-7(10(14)15)11(2,13)8-3-5-9(12)6-4-8/h3-7H,1-2H3,(H,14,15). The Labute approximate surface area is 86.5 Å². The van der Waals surface area contributed by atoms with Gasteiger partial charge in [-0.1, -0.05) is 12.1 Å². The minimum absolute atomic E-state index is 0.166. The largest absolute Gasteiger partial charge is 0.481 e. The lowest BCUT2D eigenvalue weighted by Crippen LogP contribution is -2.31. The lowest BCUT2D eigenvalue weighted by molar-refractivity contribution is -0.146. The quantitative estimate of drug-likeness (QED) is 0.839. The van der Waals surface area contributed by atoms with Crippen molar-refractivity contribution < 1.29 is 18.7 Å². The Morgan fingerprint density at radius 3 is 2.27 bits per heavy atom. The average Bonchev–Trinajstić information content (AvgIpc) is 2.17. The molecule has 0 aromatic heterocycles. The van der Waals surface area contributed by atoms with Crippen LogP contribution in [0.25, 0.3) is 0 Å². The Morgan fingerprint density at radius 1 is 1.40 bits per heavy atom. The van der Waals surface area contributed by atoms with Crippen molar-refractivity contribution in [3.63, 3.8) is 0 Å². The maximum absolute atomic E-state index is 14.1. The molecule has 0 saturated carbocycles. The van der Waals surface area contributed by atoms with E-state index in [4.69, 9.17) is 5.11 Å². The predicted octanol–water partition coefficient (Wildman–Crippen LogP) is 2.73. The zero-order valence-electron chi connectivity index (χ0n) is 8.50. The van der Waals surface area contributed by atoms with E-state index in [1.807, 2.05) is 0 Å². The summed E-state index contributed by atoms with van der Waals surface area (Å²) in [5, 5.41) is 8.72. The van der Waals surface area contributed by atoms with Crippen LogP contribution < -0.4 is 0 Å². The van der Waals surface area contributed by atoms with Gasteiger partial charge in [0.15, 0.2) is 0 Å². The van der Waals surface area contributed by atoms with Crippen molar-refractivity contribution in [1.29, 1.82) is 0 Å². The van der Waals surface area contributed by atoms with Crippen molar-refractivity contribution in [2.24, 2.45) is 5.92 Å². The highest BCUT2D eigenvalue weighted by molar-refractivity contribution is 5.71. The first kappa shape index (κ1) is 11.6. The number of carboxylic acids is 1. The van der Waals surface area contributed by atoms with Crippen LogP contribution in [0.15, 0.2) is 24.3 Å². The van der Waals surface area contributed by atoms with Gasteiger partial charge >= 0.3 is 5.97 Å². The number of benzene rings is 1. The molecule has 0 fully saturated rings. The van der Waals surface area contributed by atoms with E-state index in [1.165, 1.54) is 26.0 Å². The fourth-order valence-electron chi connectivity index (χ4n) is 1.26. The van der Waals surface area contributed by atoms with Gasteiger partial charge in [0.05, 0.1) is 5.92 Å². The first-order valence-corrected chi connectivity index (χ1v) is 4.53. The number of carboxylic acid groups (broad SMARTS) is 1. The molecule has 2 atom stereocenters. The molecule has 0 amide bonds. The van der Waals surface area contributed by atoms with Crippen molar-refractivity contribution in [3.05, 3.63) is 35.6 Å². The van der Waals surface area contributed by atoms with E-state index in [1.54, 1.807) is 0 Å². The summed E-state index contributed by atoms with van der Waals surface area (Å²) >= 11 is 0. The van der Waals surface area contributed by atoms with Crippen molar-refractivity contribution in [3.8, 4) is 0 Å². The molecule has 0 aliphatic heterocycles. The SMILES string of the molecule is CC(C(=O)O)C(C)(F)c1ccc(F)cc1. The number of carbonyl (C=O) groups is 1. The molecule has 1 aromatic rings. The van der Waals surface area contributed by atoms with Gasteiger partial charge in [-0.3, -0.25) is 4.79 Å². The van der Waals surface area contributed by atoms with Gasteiger partial charge in [-0.15, -0.1) is 0 Å². The summed E-state index contributed by atoms with van der Waals surface area (Å²) in [6, 6.07) is 4.74. The van der Waals surface area contributed by atoms with E-state index in [-0.39, 0.29) is 5.56 Å². The molecule has 0 saturated heterocycles. The van der Waals surface area contributed by atoms with Gasteiger partial charge in [-0.2, -0.15) is 0 Å². The van der Waals surface area contributed by atoms with E-state index < -0.39 is 23.4 Å². The molecule has 2 unspecified atom stereocenters. The second-order valence-electron chi connectivity index (χ2n) is 3.64. The second-order valence-corrected chi connectivity index (χ2v) is 3.64. The van der Waals surface area contributed by atoms with Crippen molar-refractivity contribution in [2.75, 3.05) is 0 Å². The van der Waals surface area contributed by atoms with Crippen LogP contribution in [0, 0.1) is 11.7 Å². The number of hydrogen-bond donors (Lipinski definition) is 1. The Kier molecular flexibility index (Phi) is 3.07. The Morgan fingerprint density at radius 2 is 1.87 bits per heavy atom. The molecule has 1 N–H and O–H groups in total. The lowest BCUT2D eigenvalue weighted by Gasteiger charge is -2.24. The third-order valence-corrected chi connectivity index (χ3v) is 2.59. The summed E-state index contributed by atoms with van der Waals surface area (Å²) in [5.74, 6) is -2.87. The van der Waals surface area contributed by atoms with Crippen LogP contribution in [0.1, 0.15) is 19.4 Å². The first-order valence-electron chi connectivity index (χ1n) is 4.53. The summed E-state index contributed by atoms with van der Waals surface area (Å²) < 4.78 is 26.7. The number of rotatable bonds is 3. The third kappa shape index (κ3) is 2.32. The fraction of sp³-hybridized carbons (Fsp3) is 0.364. The molecule has 15 heavy (non-hydrogen) atoms. The number of alkyl halides is 1. The monoisotopic (exact) mass is 214 g/mol. The van der Waals surface area contributed by atoms with E-state index in [2.05, 4.69) is 0 Å². The van der Waals surface area contributed by atoms with Gasteiger partial charge in [0, 0.05) is 0 Å². The van der Waals surface area contributed by atoms with Crippen molar-refractivity contribution in [1.82, 2.24) is 0 Å². The molecule has 82 valence electrons. The number of hydrogen-bond acceptors (Lipinski definition) is 1. The normalized spacial score (nSPS) is 16.8. The molecule has 0 aliphatic rings. The van der Waals surface area contributed by atoms with E-state index in [9.17, 15) is 13.6 Å². The summed E-state index contributed by atoms with van der Waals surface area (Å²) in [7, 11) is 0. The van der Waals surface area contributed by atoms with Crippen LogP contribution in [0.2, 0.25) is 0 Å². The molecule has 1 aromatic carbocycles. The third-order valence-electron chi connectivity index (χ3n) is 2.59. The molecular weight excluding hydrogens is 202 g/mol. The van der Waals surface area contributed by atoms with Gasteiger partial charge in [0.25, 0.3) is 0 Å². The highest BCUT2D eigenvalue weighted by atomic mass is 19.1. The van der Waals surface area contributed by atoms with Crippen LogP contribution in [-0.2, 0) is 10.5 Å². The van der Waals surface area contributed by atoms with E-state index in [0.29, 0.717) is 0 Å². The maximum atomic E-state index is 14.1. The average molecular weight is 214 g/mol. The Hall–Kier alpha value is -1.45. The number of halogens is 2. The van der Waals surface area contributed by atoms with Crippen LogP contribution >= 0.6 is 0 Å². The first-order chi connectivity index (χ1) is 6.85. The highest BCUT2D eigenvalue weighted by Gasteiger charge is 2.37. The van der Waals surface area contributed by atoms with Crippen molar-refractivity contribution >= 4 is 5.97 Å². The van der Waals surface area contributed by atoms with E-state index >= 15 is 0 Å². The topological polar surface area (TPSA) is 37.3 Å². The van der Waals surface area contributed by atoms with Crippen LogP contribution in [0.3, 0.4) is 0 Å². The summed E-state index contributed by atoms with van der Waals surface area (Å²) in [6.07, 6.45) is 0. The Bertz CT molecular complexity index is 357. The minimum Gasteiger partial charge on any atom is -0.481 e. The van der Waals surface area contributed by atoms with Crippen LogP contribution in [-0.4, -0.2) is 11.1 Å². The Balaban J connectivity index is 3.05. The maximum Gasteiger partial charge on any atom is 0.309 e. The summed E-state index contributed by atoms with van der Waals surface area (Å²) in [4.78, 5) is 10.7. The molecule has 1 rings (SSSR count). The zero-order valence-corrected chi connectivity index (χ0v) is 8.50. The lowest BCUT2D eigenvalue weighted by atomic mass is 9.86. The van der Waals surface area contributed by atoms with Gasteiger partial charge in [-0.25, -0.2) is 8.78 Å². The number of aliphatic carboxylic acids is 1. The second kappa shape index (κ2) is 3.96. The van der Waals surface area contributed by atoms with Gasteiger partial charge in [0.2, 0.25) is 0 Å². The van der Waals surface area contributed by atoms with Crippen LogP contribution in [0.5, 0.6) is 0 Å². The van der Waals surface area contributed by atoms with Gasteiger partial charge < -0.3 is 5.11 Å². The van der Waals surface area contributed by atoms with Gasteiger partial charge in [-0.05, 0) is 31.5 Å². The smallest absolute Gasteiger partial charge is 0.309 e. The van der Waals surface area contributed by atoms with Crippen LogP contribution in [0.4, 0.5) is 8.78 Å². The predicted molar refractivity (Wildman–Crippen MR) is 51.7 cm³/mol. The van der Waals surface area contributed by atoms with E-state index in [0.717, 1.165) is 12.1 Å². The molecule has 2 nitrogen and oxygen atoms in total. The molecular formula is C11H12F2O2. The molecule has 0 aliphatic carbocycles. The molecule has 0 heterocycles.